The highest BCUT2D eigenvalue weighted by Crippen LogP contribution is 2.25. The van der Waals surface area contributed by atoms with Gasteiger partial charge in [0.2, 0.25) is 0 Å². The van der Waals surface area contributed by atoms with Crippen LogP contribution in [0, 0.1) is 13.8 Å². The second kappa shape index (κ2) is 10.6. The molecule has 30 heavy (non-hydrogen) atoms. The Morgan fingerprint density at radius 2 is 1.87 bits per heavy atom. The van der Waals surface area contributed by atoms with Crippen LogP contribution in [0.3, 0.4) is 0 Å². The molecule has 0 bridgehead atoms. The van der Waals surface area contributed by atoms with Gasteiger partial charge >= 0.3 is 0 Å². The van der Waals surface area contributed by atoms with Crippen molar-refractivity contribution >= 4 is 29.9 Å². The van der Waals surface area contributed by atoms with Crippen molar-refractivity contribution in [2.24, 2.45) is 12.0 Å². The Bertz CT molecular complexity index is 871. The van der Waals surface area contributed by atoms with Gasteiger partial charge in [0.05, 0.1) is 12.2 Å². The van der Waals surface area contributed by atoms with E-state index in [9.17, 15) is 0 Å². The predicted molar refractivity (Wildman–Crippen MR) is 136 cm³/mol. The largest absolute Gasteiger partial charge is 0.357 e. The summed E-state index contributed by atoms with van der Waals surface area (Å²) in [5, 5.41) is 11.5. The molecule has 6 nitrogen and oxygen atoms in total. The van der Waals surface area contributed by atoms with Crippen LogP contribution in [0.4, 0.5) is 0 Å². The Balaban J connectivity index is 0.00000320. The number of halogens is 1. The van der Waals surface area contributed by atoms with Gasteiger partial charge in [-0.25, -0.2) is 4.99 Å². The Kier molecular flexibility index (Phi) is 8.73. The number of aryl methyl sites for hydroxylation is 2. The molecule has 3 rings (SSSR count). The summed E-state index contributed by atoms with van der Waals surface area (Å²) in [6, 6.07) is 8.81. The molecule has 7 heteroatoms. The van der Waals surface area contributed by atoms with Gasteiger partial charge in [0.25, 0.3) is 0 Å². The smallest absolute Gasteiger partial charge is 0.191 e. The summed E-state index contributed by atoms with van der Waals surface area (Å²) in [5.41, 5.74) is 6.41. The molecule has 2 heterocycles. The molecule has 1 aromatic carbocycles. The van der Waals surface area contributed by atoms with E-state index in [1.807, 2.05) is 11.7 Å². The van der Waals surface area contributed by atoms with Gasteiger partial charge in [-0.1, -0.05) is 24.3 Å². The first-order chi connectivity index (χ1) is 13.8. The maximum Gasteiger partial charge on any atom is 0.191 e. The van der Waals surface area contributed by atoms with Crippen LogP contribution >= 0.6 is 24.0 Å². The number of nitrogens with zero attached hydrogens (tertiary/aromatic N) is 4. The highest BCUT2D eigenvalue weighted by Gasteiger charge is 2.29. The van der Waals surface area contributed by atoms with E-state index < -0.39 is 0 Å². The zero-order valence-corrected chi connectivity index (χ0v) is 21.6. The normalized spacial score (nSPS) is 14.8. The number of nitrogens with one attached hydrogen (secondary N) is 2. The highest BCUT2D eigenvalue weighted by atomic mass is 127. The summed E-state index contributed by atoms with van der Waals surface area (Å²) < 4.78 is 1.93. The Hall–Kier alpha value is -1.61. The molecule has 1 aromatic heterocycles. The summed E-state index contributed by atoms with van der Waals surface area (Å²) in [4.78, 5) is 7.40. The number of aliphatic imine (C=N–C) groups is 1. The molecule has 166 valence electrons. The van der Waals surface area contributed by atoms with Crippen LogP contribution in [0.2, 0.25) is 0 Å². The first-order valence-electron chi connectivity index (χ1n) is 10.6. The SMILES string of the molecule is CCNC(=NCc1c(C)nn(C)c1C)NCC(C)(C)N1CCc2ccccc2C1.I. The molecule has 0 radical (unpaired) electrons. The summed E-state index contributed by atoms with van der Waals surface area (Å²) in [6.45, 7) is 15.3. The standard InChI is InChI=1S/C23H36N6.HI/c1-7-24-22(25-14-21-17(2)27-28(6)18(21)3)26-16-23(4,5)29-13-12-19-10-8-9-11-20(19)15-29;/h8-11H,7,12-16H2,1-6H3,(H2,24,25,26);1H. The maximum atomic E-state index is 4.83. The topological polar surface area (TPSA) is 57.5 Å². The molecular weight excluding hydrogens is 487 g/mol. The third kappa shape index (κ3) is 5.75. The van der Waals surface area contributed by atoms with Crippen LogP contribution in [0.1, 0.15) is 48.8 Å². The molecule has 2 N–H and O–H groups in total. The van der Waals surface area contributed by atoms with Crippen molar-refractivity contribution in [3.8, 4) is 0 Å². The lowest BCUT2D eigenvalue weighted by Crippen LogP contribution is -2.54. The lowest BCUT2D eigenvalue weighted by molar-refractivity contribution is 0.107. The van der Waals surface area contributed by atoms with E-state index in [2.05, 4.69) is 79.5 Å². The van der Waals surface area contributed by atoms with E-state index in [1.165, 1.54) is 22.4 Å². The molecule has 0 saturated heterocycles. The van der Waals surface area contributed by atoms with Gasteiger partial charge in [0.1, 0.15) is 0 Å². The monoisotopic (exact) mass is 524 g/mol. The second-order valence-electron chi connectivity index (χ2n) is 8.57. The van der Waals surface area contributed by atoms with Gasteiger partial charge in [-0.15, -0.1) is 24.0 Å². The molecule has 0 amide bonds. The minimum absolute atomic E-state index is 0. The maximum absolute atomic E-state index is 4.83. The van der Waals surface area contributed by atoms with Crippen LogP contribution in [-0.2, 0) is 26.6 Å². The third-order valence-corrected chi connectivity index (χ3v) is 6.07. The van der Waals surface area contributed by atoms with Crippen molar-refractivity contribution in [1.82, 2.24) is 25.3 Å². The minimum atomic E-state index is 0. The van der Waals surface area contributed by atoms with Gasteiger partial charge in [-0.05, 0) is 52.2 Å². The summed E-state index contributed by atoms with van der Waals surface area (Å²) >= 11 is 0. The average molecular weight is 524 g/mol. The summed E-state index contributed by atoms with van der Waals surface area (Å²) in [5.74, 6) is 0.862. The van der Waals surface area contributed by atoms with E-state index in [0.29, 0.717) is 6.54 Å². The zero-order valence-electron chi connectivity index (χ0n) is 19.2. The van der Waals surface area contributed by atoms with Crippen LogP contribution in [0.15, 0.2) is 29.3 Å². The summed E-state index contributed by atoms with van der Waals surface area (Å²) in [6.07, 6.45) is 1.12. The molecular formula is C23H37IN6. The molecule has 0 spiro atoms. The predicted octanol–water partition coefficient (Wildman–Crippen LogP) is 3.55. The molecule has 0 unspecified atom stereocenters. The number of aromatic nitrogens is 2. The van der Waals surface area contributed by atoms with Crippen LogP contribution in [0.25, 0.3) is 0 Å². The quantitative estimate of drug-likeness (QED) is 0.345. The molecule has 1 aliphatic rings. The first kappa shape index (κ1) is 24.7. The number of benzene rings is 1. The third-order valence-electron chi connectivity index (χ3n) is 6.07. The van der Waals surface area contributed by atoms with E-state index in [0.717, 1.165) is 44.3 Å². The van der Waals surface area contributed by atoms with Crippen molar-refractivity contribution in [2.45, 2.75) is 59.7 Å². The lowest BCUT2D eigenvalue weighted by Gasteiger charge is -2.42. The second-order valence-corrected chi connectivity index (χ2v) is 8.57. The van der Waals surface area contributed by atoms with Crippen molar-refractivity contribution in [1.29, 1.82) is 0 Å². The average Bonchev–Trinajstić information content (AvgIpc) is 2.95. The number of guanidine groups is 1. The summed E-state index contributed by atoms with van der Waals surface area (Å²) in [7, 11) is 1.98. The molecule has 2 aromatic rings. The highest BCUT2D eigenvalue weighted by molar-refractivity contribution is 14.0. The first-order valence-corrected chi connectivity index (χ1v) is 10.6. The number of rotatable bonds is 6. The number of fused-ring (bicyclic) bond motifs is 1. The molecule has 1 aliphatic heterocycles. The zero-order chi connectivity index (χ0) is 21.0. The molecule has 0 atom stereocenters. The van der Waals surface area contributed by atoms with Gasteiger partial charge in [-0.2, -0.15) is 5.10 Å². The number of hydrogen-bond acceptors (Lipinski definition) is 3. The fraction of sp³-hybridized carbons (Fsp3) is 0.565. The Morgan fingerprint density at radius 1 is 1.17 bits per heavy atom. The van der Waals surface area contributed by atoms with E-state index >= 15 is 0 Å². The van der Waals surface area contributed by atoms with Crippen molar-refractivity contribution in [3.05, 3.63) is 52.3 Å². The number of hydrogen-bond donors (Lipinski definition) is 2. The van der Waals surface area contributed by atoms with Crippen molar-refractivity contribution in [3.63, 3.8) is 0 Å². The van der Waals surface area contributed by atoms with E-state index in [-0.39, 0.29) is 29.5 Å². The molecule has 0 fully saturated rings. The van der Waals surface area contributed by atoms with E-state index in [1.54, 1.807) is 0 Å². The Labute approximate surface area is 198 Å². The van der Waals surface area contributed by atoms with Gasteiger partial charge < -0.3 is 10.6 Å². The molecule has 0 aliphatic carbocycles. The van der Waals surface area contributed by atoms with E-state index in [4.69, 9.17) is 4.99 Å². The van der Waals surface area contributed by atoms with Crippen LogP contribution < -0.4 is 10.6 Å². The lowest BCUT2D eigenvalue weighted by atomic mass is 9.94. The van der Waals surface area contributed by atoms with Gasteiger partial charge in [0, 0.05) is 50.0 Å². The fourth-order valence-electron chi connectivity index (χ4n) is 3.97. The fourth-order valence-corrected chi connectivity index (χ4v) is 3.97. The van der Waals surface area contributed by atoms with Gasteiger partial charge in [0.15, 0.2) is 5.96 Å². The van der Waals surface area contributed by atoms with Gasteiger partial charge in [-0.3, -0.25) is 9.58 Å². The van der Waals surface area contributed by atoms with Crippen LogP contribution in [0.5, 0.6) is 0 Å². The molecule has 0 saturated carbocycles. The Morgan fingerprint density at radius 3 is 2.50 bits per heavy atom. The minimum Gasteiger partial charge on any atom is -0.357 e. The van der Waals surface area contributed by atoms with Crippen molar-refractivity contribution < 1.29 is 0 Å². The van der Waals surface area contributed by atoms with Crippen molar-refractivity contribution in [2.75, 3.05) is 19.6 Å². The van der Waals surface area contributed by atoms with Crippen LogP contribution in [-0.4, -0.2) is 45.8 Å².